The zero-order valence-electron chi connectivity index (χ0n) is 21.8. The summed E-state index contributed by atoms with van der Waals surface area (Å²) < 4.78 is 4.60. The van der Waals surface area contributed by atoms with Crippen LogP contribution in [0.1, 0.15) is 0 Å². The lowest BCUT2D eigenvalue weighted by Gasteiger charge is -2.11. The predicted molar refractivity (Wildman–Crippen MR) is 167 cm³/mol. The number of fused-ring (bicyclic) bond motifs is 4. The molecule has 0 spiro atoms. The molecule has 40 heavy (non-hydrogen) atoms. The third-order valence-electron chi connectivity index (χ3n) is 7.72. The van der Waals surface area contributed by atoms with Crippen LogP contribution in [-0.4, -0.2) is 19.1 Å². The van der Waals surface area contributed by atoms with Crippen LogP contribution in [0.4, 0.5) is 0 Å². The summed E-state index contributed by atoms with van der Waals surface area (Å²) in [7, 11) is 2.12. The molecular weight excluding hydrogens is 508 g/mol. The number of pyridine rings is 1. The fraction of sp³-hybridized carbons (Fsp3) is 0.0286. The minimum Gasteiger partial charge on any atom is -0.327 e. The second kappa shape index (κ2) is 9.04. The quantitative estimate of drug-likeness (QED) is 0.227. The van der Waals surface area contributed by atoms with E-state index < -0.39 is 0 Å². The molecule has 4 heterocycles. The maximum Gasteiger partial charge on any atom is 0.140 e. The Balaban J connectivity index is 1.36. The van der Waals surface area contributed by atoms with Crippen LogP contribution >= 0.6 is 11.3 Å². The summed E-state index contributed by atoms with van der Waals surface area (Å²) in [4.78, 5) is 9.70. The summed E-state index contributed by atoms with van der Waals surface area (Å²) in [6.45, 7) is 0. The van der Waals surface area contributed by atoms with Crippen molar-refractivity contribution >= 4 is 44.2 Å². The van der Waals surface area contributed by atoms with Gasteiger partial charge >= 0.3 is 0 Å². The van der Waals surface area contributed by atoms with Crippen LogP contribution in [0.3, 0.4) is 0 Å². The molecule has 0 fully saturated rings. The largest absolute Gasteiger partial charge is 0.327 e. The van der Waals surface area contributed by atoms with Gasteiger partial charge in [-0.05, 0) is 64.9 Å². The second-order valence-electron chi connectivity index (χ2n) is 10.0. The van der Waals surface area contributed by atoms with Crippen LogP contribution in [0, 0.1) is 0 Å². The van der Waals surface area contributed by atoms with E-state index in [1.54, 1.807) is 11.3 Å². The van der Waals surface area contributed by atoms with Gasteiger partial charge in [0.15, 0.2) is 0 Å². The third-order valence-corrected chi connectivity index (χ3v) is 8.41. The maximum atomic E-state index is 5.12. The average Bonchev–Trinajstić information content (AvgIpc) is 3.74. The van der Waals surface area contributed by atoms with Crippen LogP contribution in [0.15, 0.2) is 126 Å². The first-order valence-electron chi connectivity index (χ1n) is 13.3. The van der Waals surface area contributed by atoms with Gasteiger partial charge in [-0.25, -0.2) is 4.98 Å². The molecule has 0 bridgehead atoms. The number of rotatable bonds is 4. The Morgan fingerprint density at radius 3 is 2.42 bits per heavy atom. The standard InChI is InChI=1S/C35H24N4S/c1-38-34-27(25-17-19-40-22-25)11-7-13-31(34)37-35(38)24-15-16-29-28-10-2-3-14-32(28)39(33(29)21-24)26-9-6-8-23(20-26)30-12-4-5-18-36-30/h2-22H,1H3. The van der Waals surface area contributed by atoms with E-state index in [9.17, 15) is 0 Å². The van der Waals surface area contributed by atoms with Gasteiger partial charge in [0.25, 0.3) is 0 Å². The topological polar surface area (TPSA) is 35.6 Å². The molecule has 0 N–H and O–H groups in total. The van der Waals surface area contributed by atoms with E-state index in [1.165, 1.54) is 27.4 Å². The van der Waals surface area contributed by atoms with Gasteiger partial charge in [0.1, 0.15) is 5.82 Å². The fourth-order valence-electron chi connectivity index (χ4n) is 5.90. The van der Waals surface area contributed by atoms with E-state index >= 15 is 0 Å². The summed E-state index contributed by atoms with van der Waals surface area (Å²) in [6, 6.07) is 38.6. The maximum absolute atomic E-state index is 5.12. The zero-order chi connectivity index (χ0) is 26.6. The lowest BCUT2D eigenvalue weighted by molar-refractivity contribution is 0.960. The van der Waals surface area contributed by atoms with Crippen molar-refractivity contribution in [3.05, 3.63) is 126 Å². The van der Waals surface area contributed by atoms with Crippen molar-refractivity contribution in [1.82, 2.24) is 19.1 Å². The molecule has 4 aromatic heterocycles. The van der Waals surface area contributed by atoms with Crippen molar-refractivity contribution in [2.24, 2.45) is 7.05 Å². The number of nitrogens with zero attached hydrogens (tertiary/aromatic N) is 4. The van der Waals surface area contributed by atoms with E-state index in [1.807, 2.05) is 18.3 Å². The highest BCUT2D eigenvalue weighted by Crippen LogP contribution is 2.37. The Labute approximate surface area is 235 Å². The third kappa shape index (κ3) is 3.52. The molecule has 4 nitrogen and oxygen atoms in total. The molecule has 5 heteroatoms. The fourth-order valence-corrected chi connectivity index (χ4v) is 6.56. The molecule has 0 aliphatic heterocycles. The van der Waals surface area contributed by atoms with Gasteiger partial charge in [-0.3, -0.25) is 4.98 Å². The summed E-state index contributed by atoms with van der Waals surface area (Å²) in [5.41, 5.74) is 11.2. The highest BCUT2D eigenvalue weighted by Gasteiger charge is 2.18. The zero-order valence-corrected chi connectivity index (χ0v) is 22.6. The van der Waals surface area contributed by atoms with Gasteiger partial charge in [-0.15, -0.1) is 0 Å². The van der Waals surface area contributed by atoms with E-state index in [2.05, 4.69) is 129 Å². The second-order valence-corrected chi connectivity index (χ2v) is 10.8. The smallest absolute Gasteiger partial charge is 0.140 e. The lowest BCUT2D eigenvalue weighted by Crippen LogP contribution is -1.96. The molecule has 0 unspecified atom stereocenters. The molecule has 0 saturated carbocycles. The number of aryl methyl sites for hydroxylation is 1. The van der Waals surface area contributed by atoms with Crippen molar-refractivity contribution in [2.75, 3.05) is 0 Å². The number of thiophene rings is 1. The summed E-state index contributed by atoms with van der Waals surface area (Å²) in [6.07, 6.45) is 1.84. The first-order chi connectivity index (χ1) is 19.8. The number of hydrogen-bond acceptors (Lipinski definition) is 3. The van der Waals surface area contributed by atoms with Crippen LogP contribution < -0.4 is 0 Å². The normalized spacial score (nSPS) is 11.6. The molecule has 0 aliphatic carbocycles. The van der Waals surface area contributed by atoms with Crippen molar-refractivity contribution < 1.29 is 0 Å². The van der Waals surface area contributed by atoms with Gasteiger partial charge in [-0.2, -0.15) is 11.3 Å². The Hall–Kier alpha value is -5.00. The molecule has 0 amide bonds. The summed E-state index contributed by atoms with van der Waals surface area (Å²) >= 11 is 1.72. The van der Waals surface area contributed by atoms with Gasteiger partial charge in [0, 0.05) is 46.4 Å². The van der Waals surface area contributed by atoms with E-state index in [-0.39, 0.29) is 0 Å². The average molecular weight is 533 g/mol. The number of imidazole rings is 1. The van der Waals surface area contributed by atoms with Crippen LogP contribution in [0.25, 0.3) is 72.3 Å². The van der Waals surface area contributed by atoms with E-state index in [0.29, 0.717) is 0 Å². The van der Waals surface area contributed by atoms with Gasteiger partial charge in [0.05, 0.1) is 27.8 Å². The Kier molecular flexibility index (Phi) is 5.18. The minimum atomic E-state index is 0.957. The summed E-state index contributed by atoms with van der Waals surface area (Å²) in [5.74, 6) is 0.957. The molecular formula is C35H24N4S. The SMILES string of the molecule is Cn1c(-c2ccc3c4ccccc4n(-c4cccc(-c5ccccn5)c4)c3c2)nc2cccc(-c3ccsc3)c21. The monoisotopic (exact) mass is 532 g/mol. The molecule has 8 aromatic rings. The van der Waals surface area contributed by atoms with E-state index in [4.69, 9.17) is 4.98 Å². The first-order valence-corrected chi connectivity index (χ1v) is 14.2. The summed E-state index contributed by atoms with van der Waals surface area (Å²) in [5, 5.41) is 6.78. The van der Waals surface area contributed by atoms with Gasteiger partial charge in [-0.1, -0.05) is 60.7 Å². The van der Waals surface area contributed by atoms with Crippen LogP contribution in [-0.2, 0) is 7.05 Å². The molecule has 190 valence electrons. The van der Waals surface area contributed by atoms with Gasteiger partial charge in [0.2, 0.25) is 0 Å². The van der Waals surface area contributed by atoms with Crippen LogP contribution in [0.2, 0.25) is 0 Å². The highest BCUT2D eigenvalue weighted by molar-refractivity contribution is 7.08. The molecule has 4 aromatic carbocycles. The highest BCUT2D eigenvalue weighted by atomic mass is 32.1. The molecule has 0 aliphatic rings. The van der Waals surface area contributed by atoms with Crippen molar-refractivity contribution in [3.63, 3.8) is 0 Å². The Bertz CT molecular complexity index is 2170. The Morgan fingerprint density at radius 2 is 1.55 bits per heavy atom. The number of benzene rings is 4. The Morgan fingerprint density at radius 1 is 0.675 bits per heavy atom. The molecule has 0 saturated heterocycles. The molecule has 8 rings (SSSR count). The molecule has 0 atom stereocenters. The van der Waals surface area contributed by atoms with E-state index in [0.717, 1.165) is 44.9 Å². The van der Waals surface area contributed by atoms with Crippen molar-refractivity contribution in [3.8, 4) is 39.5 Å². The first kappa shape index (κ1) is 22.9. The number of aromatic nitrogens is 4. The lowest BCUT2D eigenvalue weighted by atomic mass is 10.1. The minimum absolute atomic E-state index is 0.957. The van der Waals surface area contributed by atoms with Gasteiger partial charge < -0.3 is 9.13 Å². The molecule has 0 radical (unpaired) electrons. The number of para-hydroxylation sites is 2. The predicted octanol–water partition coefficient (Wildman–Crippen LogP) is 9.13. The van der Waals surface area contributed by atoms with Crippen molar-refractivity contribution in [1.29, 1.82) is 0 Å². The number of hydrogen-bond donors (Lipinski definition) is 0. The van der Waals surface area contributed by atoms with Crippen molar-refractivity contribution in [2.45, 2.75) is 0 Å². The van der Waals surface area contributed by atoms with Crippen LogP contribution in [0.5, 0.6) is 0 Å².